The fourth-order valence-corrected chi connectivity index (χ4v) is 5.61. The van der Waals surface area contributed by atoms with E-state index in [1.54, 1.807) is 42.5 Å². The first-order valence-corrected chi connectivity index (χ1v) is 10.5. The van der Waals surface area contributed by atoms with Gasteiger partial charge in [0.1, 0.15) is 11.5 Å². The lowest BCUT2D eigenvalue weighted by molar-refractivity contribution is -0.123. The van der Waals surface area contributed by atoms with Crippen molar-refractivity contribution in [2.24, 2.45) is 23.7 Å². The van der Waals surface area contributed by atoms with E-state index in [1.165, 1.54) is 19.1 Å². The van der Waals surface area contributed by atoms with Crippen LogP contribution in [0.25, 0.3) is 0 Å². The van der Waals surface area contributed by atoms with Crippen LogP contribution in [0.4, 0.5) is 11.4 Å². The Kier molecular flexibility index (Phi) is 4.68. The molecule has 0 radical (unpaired) electrons. The number of rotatable bonds is 5. The number of fused-ring (bicyclic) bond motifs is 5. The quantitative estimate of drug-likeness (QED) is 0.749. The second-order valence-corrected chi connectivity index (χ2v) is 8.43. The van der Waals surface area contributed by atoms with Crippen LogP contribution in [-0.2, 0) is 9.59 Å². The maximum absolute atomic E-state index is 13.2. The Morgan fingerprint density at radius 3 is 2.29 bits per heavy atom. The summed E-state index contributed by atoms with van der Waals surface area (Å²) >= 11 is 0. The van der Waals surface area contributed by atoms with Crippen molar-refractivity contribution in [2.75, 3.05) is 24.4 Å². The molecule has 0 aromatic heterocycles. The topological polar surface area (TPSA) is 84.9 Å². The highest BCUT2D eigenvalue weighted by Gasteiger charge is 2.61. The zero-order valence-electron chi connectivity index (χ0n) is 17.5. The van der Waals surface area contributed by atoms with E-state index in [4.69, 9.17) is 9.47 Å². The molecular formula is C24H24N2O5. The molecule has 0 unspecified atom stereocenters. The Morgan fingerprint density at radius 2 is 1.65 bits per heavy atom. The van der Waals surface area contributed by atoms with Gasteiger partial charge in [-0.05, 0) is 55.4 Å². The number of methoxy groups -OCH3 is 2. The van der Waals surface area contributed by atoms with Crippen molar-refractivity contribution in [2.45, 2.75) is 19.3 Å². The number of hydrogen-bond donors (Lipinski definition) is 1. The third-order valence-electron chi connectivity index (χ3n) is 6.97. The lowest BCUT2D eigenvalue weighted by atomic mass is 9.81. The van der Waals surface area contributed by atoms with E-state index in [1.807, 2.05) is 0 Å². The first-order chi connectivity index (χ1) is 15.0. The molecule has 3 aliphatic rings. The molecule has 0 spiro atoms. The fourth-order valence-electron chi connectivity index (χ4n) is 5.61. The summed E-state index contributed by atoms with van der Waals surface area (Å²) in [7, 11) is 3.05. The maximum Gasteiger partial charge on any atom is 0.257 e. The number of carbonyl (C=O) groups excluding carboxylic acids is 3. The number of benzene rings is 2. The third kappa shape index (κ3) is 2.99. The van der Waals surface area contributed by atoms with Gasteiger partial charge in [0.2, 0.25) is 11.8 Å². The fraction of sp³-hybridized carbons (Fsp3) is 0.375. The van der Waals surface area contributed by atoms with E-state index in [0.29, 0.717) is 34.7 Å². The minimum absolute atomic E-state index is 0.165. The Labute approximate surface area is 180 Å². The van der Waals surface area contributed by atoms with Crippen molar-refractivity contribution >= 4 is 29.1 Å². The zero-order chi connectivity index (χ0) is 21.7. The number of carbonyl (C=O) groups is 3. The second kappa shape index (κ2) is 7.41. The molecule has 2 aromatic rings. The van der Waals surface area contributed by atoms with E-state index in [-0.39, 0.29) is 29.2 Å². The molecule has 2 aliphatic carbocycles. The minimum atomic E-state index is -0.428. The van der Waals surface area contributed by atoms with Crippen molar-refractivity contribution in [3.8, 4) is 11.5 Å². The van der Waals surface area contributed by atoms with Crippen LogP contribution in [0.5, 0.6) is 11.5 Å². The summed E-state index contributed by atoms with van der Waals surface area (Å²) in [5.74, 6) is 0.396. The van der Waals surface area contributed by atoms with Crippen molar-refractivity contribution in [3.63, 3.8) is 0 Å². The summed E-state index contributed by atoms with van der Waals surface area (Å²) in [6.45, 7) is 0. The second-order valence-electron chi connectivity index (χ2n) is 8.43. The van der Waals surface area contributed by atoms with E-state index in [2.05, 4.69) is 5.32 Å². The van der Waals surface area contributed by atoms with Gasteiger partial charge in [0, 0.05) is 6.07 Å². The SMILES string of the molecule is COc1ccc(OC)c(NC(=O)c2ccccc2N2C(=O)[C@H]3[C@H]4CC[C@@H](C4)[C@@H]3C2=O)c1. The van der Waals surface area contributed by atoms with Crippen LogP contribution in [0.15, 0.2) is 42.5 Å². The monoisotopic (exact) mass is 420 g/mol. The van der Waals surface area contributed by atoms with Crippen molar-refractivity contribution in [1.82, 2.24) is 0 Å². The number of imide groups is 1. The Morgan fingerprint density at radius 1 is 0.968 bits per heavy atom. The predicted octanol–water partition coefficient (Wildman–Crippen LogP) is 3.49. The predicted molar refractivity (Wildman–Crippen MR) is 114 cm³/mol. The standard InChI is InChI=1S/C24H24N2O5/c1-30-15-9-10-19(31-2)17(12-15)25-22(27)16-5-3-4-6-18(16)26-23(28)20-13-7-8-14(11-13)21(20)24(26)29/h3-6,9-10,12-14,20-21H,7-8,11H2,1-2H3,(H,25,27)/t13-,14-,20-,21-/m0/s1. The number of nitrogens with one attached hydrogen (secondary N) is 1. The zero-order valence-corrected chi connectivity index (χ0v) is 17.5. The van der Waals surface area contributed by atoms with Crippen molar-refractivity contribution in [1.29, 1.82) is 0 Å². The number of nitrogens with zero attached hydrogens (tertiary/aromatic N) is 1. The van der Waals surface area contributed by atoms with Crippen molar-refractivity contribution in [3.05, 3.63) is 48.0 Å². The summed E-state index contributed by atoms with van der Waals surface area (Å²) in [5.41, 5.74) is 1.04. The van der Waals surface area contributed by atoms with Crippen LogP contribution in [0, 0.1) is 23.7 Å². The molecule has 160 valence electrons. The van der Waals surface area contributed by atoms with E-state index >= 15 is 0 Å². The highest BCUT2D eigenvalue weighted by atomic mass is 16.5. The molecule has 7 nitrogen and oxygen atoms in total. The molecule has 2 bridgehead atoms. The average Bonchev–Trinajstić information content (AvgIpc) is 3.47. The first kappa shape index (κ1) is 19.6. The van der Waals surface area contributed by atoms with Crippen LogP contribution in [-0.4, -0.2) is 31.9 Å². The van der Waals surface area contributed by atoms with Gasteiger partial charge in [0.05, 0.1) is 43.0 Å². The Hall–Kier alpha value is -3.35. The molecule has 3 fully saturated rings. The van der Waals surface area contributed by atoms with Gasteiger partial charge >= 0.3 is 0 Å². The normalized spacial score (nSPS) is 26.2. The molecule has 1 saturated heterocycles. The molecule has 2 aromatic carbocycles. The van der Waals surface area contributed by atoms with Gasteiger partial charge in [-0.2, -0.15) is 0 Å². The molecule has 1 aliphatic heterocycles. The van der Waals surface area contributed by atoms with Crippen molar-refractivity contribution < 1.29 is 23.9 Å². The van der Waals surface area contributed by atoms with Gasteiger partial charge in [-0.3, -0.25) is 14.4 Å². The van der Waals surface area contributed by atoms with Crippen LogP contribution in [0.1, 0.15) is 29.6 Å². The number of para-hydroxylation sites is 1. The van der Waals surface area contributed by atoms with Crippen LogP contribution in [0.2, 0.25) is 0 Å². The van der Waals surface area contributed by atoms with Gasteiger partial charge in [-0.15, -0.1) is 0 Å². The smallest absolute Gasteiger partial charge is 0.257 e. The van der Waals surface area contributed by atoms with Gasteiger partial charge < -0.3 is 14.8 Å². The van der Waals surface area contributed by atoms with E-state index in [9.17, 15) is 14.4 Å². The summed E-state index contributed by atoms with van der Waals surface area (Å²) in [4.78, 5) is 40.9. The van der Waals surface area contributed by atoms with E-state index in [0.717, 1.165) is 19.3 Å². The lowest BCUT2D eigenvalue weighted by Gasteiger charge is -2.20. The van der Waals surface area contributed by atoms with Gasteiger partial charge in [0.15, 0.2) is 0 Å². The summed E-state index contributed by atoms with van der Waals surface area (Å²) < 4.78 is 10.6. The van der Waals surface area contributed by atoms with Crippen LogP contribution < -0.4 is 19.7 Å². The molecule has 2 saturated carbocycles. The van der Waals surface area contributed by atoms with Crippen LogP contribution >= 0.6 is 0 Å². The number of amides is 3. The molecular weight excluding hydrogens is 396 g/mol. The molecule has 1 N–H and O–H groups in total. The maximum atomic E-state index is 13.2. The molecule has 5 rings (SSSR count). The molecule has 31 heavy (non-hydrogen) atoms. The number of hydrogen-bond acceptors (Lipinski definition) is 5. The molecule has 1 heterocycles. The number of ether oxygens (including phenoxy) is 2. The highest BCUT2D eigenvalue weighted by Crippen LogP contribution is 2.56. The molecule has 3 amide bonds. The summed E-state index contributed by atoms with van der Waals surface area (Å²) in [6.07, 6.45) is 2.99. The third-order valence-corrected chi connectivity index (χ3v) is 6.97. The Balaban J connectivity index is 1.47. The lowest BCUT2D eigenvalue weighted by Crippen LogP contribution is -2.34. The van der Waals surface area contributed by atoms with Gasteiger partial charge in [0.25, 0.3) is 5.91 Å². The Bertz CT molecular complexity index is 1050. The molecule has 7 heteroatoms. The summed E-state index contributed by atoms with van der Waals surface area (Å²) in [6, 6.07) is 11.8. The largest absolute Gasteiger partial charge is 0.497 e. The van der Waals surface area contributed by atoms with E-state index < -0.39 is 5.91 Å². The number of anilines is 2. The van der Waals surface area contributed by atoms with Gasteiger partial charge in [-0.1, -0.05) is 12.1 Å². The average molecular weight is 420 g/mol. The van der Waals surface area contributed by atoms with Gasteiger partial charge in [-0.25, -0.2) is 4.90 Å². The first-order valence-electron chi connectivity index (χ1n) is 10.5. The highest BCUT2D eigenvalue weighted by molar-refractivity contribution is 6.25. The minimum Gasteiger partial charge on any atom is -0.497 e. The summed E-state index contributed by atoms with van der Waals surface area (Å²) in [5, 5.41) is 2.83. The molecule has 4 atom stereocenters. The van der Waals surface area contributed by atoms with Crippen LogP contribution in [0.3, 0.4) is 0 Å².